The van der Waals surface area contributed by atoms with Gasteiger partial charge in [0.05, 0.1) is 13.2 Å². The lowest BCUT2D eigenvalue weighted by atomic mass is 9.98. The van der Waals surface area contributed by atoms with Crippen molar-refractivity contribution in [3.63, 3.8) is 0 Å². The fraction of sp³-hybridized carbons (Fsp3) is 0.476. The van der Waals surface area contributed by atoms with Crippen molar-refractivity contribution in [2.24, 2.45) is 11.7 Å². The second-order valence-electron chi connectivity index (χ2n) is 6.62. The Kier molecular flexibility index (Phi) is 8.13. The van der Waals surface area contributed by atoms with Crippen LogP contribution in [0.4, 0.5) is 0 Å². The Hall–Kier alpha value is -2.05. The maximum atomic E-state index is 12.7. The van der Waals surface area contributed by atoms with E-state index in [9.17, 15) is 4.79 Å². The van der Waals surface area contributed by atoms with Gasteiger partial charge in [0, 0.05) is 18.0 Å². The summed E-state index contributed by atoms with van der Waals surface area (Å²) in [5, 5.41) is 2.03. The van der Waals surface area contributed by atoms with Crippen LogP contribution in [0.15, 0.2) is 35.7 Å². The summed E-state index contributed by atoms with van der Waals surface area (Å²) in [6, 6.07) is 9.37. The number of carbonyl (C=O) groups excluding carboxylic acids is 1. The van der Waals surface area contributed by atoms with Crippen LogP contribution in [0, 0.1) is 5.92 Å². The first-order valence-electron chi connectivity index (χ1n) is 9.36. The second-order valence-corrected chi connectivity index (χ2v) is 7.65. The van der Waals surface area contributed by atoms with Gasteiger partial charge in [0.15, 0.2) is 11.5 Å². The van der Waals surface area contributed by atoms with Gasteiger partial charge in [-0.1, -0.05) is 32.4 Å². The Labute approximate surface area is 166 Å². The van der Waals surface area contributed by atoms with E-state index >= 15 is 0 Å². The van der Waals surface area contributed by atoms with Gasteiger partial charge in [-0.15, -0.1) is 11.3 Å². The molecule has 5 nitrogen and oxygen atoms in total. The fourth-order valence-electron chi connectivity index (χ4n) is 2.75. The third-order valence-corrected chi connectivity index (χ3v) is 5.64. The molecule has 2 aromatic rings. The van der Waals surface area contributed by atoms with Crippen molar-refractivity contribution in [3.8, 4) is 11.5 Å². The maximum Gasteiger partial charge on any atom is 0.240 e. The minimum Gasteiger partial charge on any atom is -0.493 e. The van der Waals surface area contributed by atoms with Gasteiger partial charge in [-0.25, -0.2) is 0 Å². The molecule has 148 valence electrons. The molecule has 1 amide bonds. The summed E-state index contributed by atoms with van der Waals surface area (Å²) in [5.41, 5.74) is 7.12. The zero-order chi connectivity index (χ0) is 19.8. The van der Waals surface area contributed by atoms with E-state index in [1.165, 1.54) is 0 Å². The third kappa shape index (κ3) is 5.71. The van der Waals surface area contributed by atoms with Crippen molar-refractivity contribution in [2.45, 2.75) is 46.4 Å². The fourth-order valence-corrected chi connectivity index (χ4v) is 3.36. The molecule has 6 heteroatoms. The highest BCUT2D eigenvalue weighted by atomic mass is 32.1. The van der Waals surface area contributed by atoms with Crippen LogP contribution in [0.5, 0.6) is 11.5 Å². The van der Waals surface area contributed by atoms with E-state index in [1.54, 1.807) is 23.3 Å². The van der Waals surface area contributed by atoms with Crippen LogP contribution in [0.2, 0.25) is 0 Å². The molecule has 27 heavy (non-hydrogen) atoms. The summed E-state index contributed by atoms with van der Waals surface area (Å²) in [6.07, 6.45) is 0.883. The molecule has 0 saturated heterocycles. The summed E-state index contributed by atoms with van der Waals surface area (Å²) < 4.78 is 11.4. The molecule has 0 radical (unpaired) electrons. The molecular formula is C21H30N2O3S. The number of amides is 1. The monoisotopic (exact) mass is 390 g/mol. The largest absolute Gasteiger partial charge is 0.493 e. The lowest BCUT2D eigenvalue weighted by Crippen LogP contribution is -2.46. The van der Waals surface area contributed by atoms with Crippen molar-refractivity contribution < 1.29 is 14.3 Å². The molecule has 1 aromatic heterocycles. The molecule has 2 rings (SSSR count). The van der Waals surface area contributed by atoms with Crippen molar-refractivity contribution in [3.05, 3.63) is 46.2 Å². The third-order valence-electron chi connectivity index (χ3n) is 4.79. The van der Waals surface area contributed by atoms with Crippen LogP contribution < -0.4 is 15.2 Å². The predicted octanol–water partition coefficient (Wildman–Crippen LogP) is 4.06. The molecule has 2 atom stereocenters. The Morgan fingerprint density at radius 1 is 1.26 bits per heavy atom. The Morgan fingerprint density at radius 3 is 2.63 bits per heavy atom. The molecule has 0 spiro atoms. The molecule has 0 fully saturated rings. The molecule has 0 bridgehead atoms. The number of hydrogen-bond acceptors (Lipinski definition) is 5. The first-order chi connectivity index (χ1) is 13.0. The summed E-state index contributed by atoms with van der Waals surface area (Å²) in [4.78, 5) is 15.6. The Morgan fingerprint density at radius 2 is 2.04 bits per heavy atom. The highest BCUT2D eigenvalue weighted by molar-refractivity contribution is 7.09. The Balaban J connectivity index is 2.07. The second kappa shape index (κ2) is 10.3. The highest BCUT2D eigenvalue weighted by Gasteiger charge is 2.24. The van der Waals surface area contributed by atoms with Gasteiger partial charge in [-0.05, 0) is 42.0 Å². The average molecular weight is 391 g/mol. The maximum absolute atomic E-state index is 12.7. The first-order valence-corrected chi connectivity index (χ1v) is 10.2. The number of nitrogens with zero attached hydrogens (tertiary/aromatic N) is 1. The van der Waals surface area contributed by atoms with E-state index in [-0.39, 0.29) is 11.8 Å². The molecule has 2 unspecified atom stereocenters. The van der Waals surface area contributed by atoms with Crippen molar-refractivity contribution in [1.29, 1.82) is 0 Å². The number of ether oxygens (including phenoxy) is 2. The average Bonchev–Trinajstić information content (AvgIpc) is 3.22. The number of methoxy groups -OCH3 is 1. The highest BCUT2D eigenvalue weighted by Crippen LogP contribution is 2.30. The van der Waals surface area contributed by atoms with E-state index in [0.29, 0.717) is 31.2 Å². The van der Waals surface area contributed by atoms with Crippen LogP contribution in [0.1, 0.15) is 37.6 Å². The summed E-state index contributed by atoms with van der Waals surface area (Å²) >= 11 is 1.66. The van der Waals surface area contributed by atoms with Gasteiger partial charge in [0.25, 0.3) is 0 Å². The molecule has 1 aromatic carbocycles. The van der Waals surface area contributed by atoms with Gasteiger partial charge < -0.3 is 20.1 Å². The molecule has 0 aliphatic carbocycles. The number of carbonyl (C=O) groups is 1. The molecule has 1 heterocycles. The molecule has 0 saturated carbocycles. The molecular weight excluding hydrogens is 360 g/mol. The van der Waals surface area contributed by atoms with E-state index in [2.05, 4.69) is 0 Å². The molecule has 0 aliphatic heterocycles. The topological polar surface area (TPSA) is 64.8 Å². The number of likely N-dealkylation sites (N-methyl/N-ethyl adjacent to an activating group) is 1. The smallest absolute Gasteiger partial charge is 0.240 e. The van der Waals surface area contributed by atoms with E-state index in [1.807, 2.05) is 56.5 Å². The van der Waals surface area contributed by atoms with Gasteiger partial charge in [0.2, 0.25) is 5.91 Å². The minimum atomic E-state index is -0.467. The normalized spacial score (nSPS) is 13.1. The first kappa shape index (κ1) is 21.3. The summed E-state index contributed by atoms with van der Waals surface area (Å²) in [5.74, 6) is 1.51. The van der Waals surface area contributed by atoms with Crippen molar-refractivity contribution in [1.82, 2.24) is 4.90 Å². The van der Waals surface area contributed by atoms with Crippen LogP contribution in [0.25, 0.3) is 0 Å². The Bertz CT molecular complexity index is 718. The number of hydrogen-bond donors (Lipinski definition) is 1. The van der Waals surface area contributed by atoms with Crippen molar-refractivity contribution in [2.75, 3.05) is 13.7 Å². The standard InChI is InChI=1S/C21H30N2O3S/c1-5-15(3)20(22)21(24)23(6-2)13-16-9-10-18(19(12-16)25-4)26-14-17-8-7-11-27-17/h7-12,15,20H,5-6,13-14,22H2,1-4H3. The SMILES string of the molecule is CCC(C)C(N)C(=O)N(CC)Cc1ccc(OCc2cccs2)c(OC)c1. The van der Waals surface area contributed by atoms with Crippen LogP contribution >= 0.6 is 11.3 Å². The molecule has 0 aliphatic rings. The summed E-state index contributed by atoms with van der Waals surface area (Å²) in [7, 11) is 1.62. The zero-order valence-electron chi connectivity index (χ0n) is 16.6. The van der Waals surface area contributed by atoms with Gasteiger partial charge in [-0.3, -0.25) is 4.79 Å². The lowest BCUT2D eigenvalue weighted by molar-refractivity contribution is -0.134. The van der Waals surface area contributed by atoms with Crippen LogP contribution in [0.3, 0.4) is 0 Å². The van der Waals surface area contributed by atoms with Gasteiger partial charge in [-0.2, -0.15) is 0 Å². The van der Waals surface area contributed by atoms with Crippen molar-refractivity contribution >= 4 is 17.2 Å². The van der Waals surface area contributed by atoms with Gasteiger partial charge in [0.1, 0.15) is 6.61 Å². The lowest BCUT2D eigenvalue weighted by Gasteiger charge is -2.27. The summed E-state index contributed by atoms with van der Waals surface area (Å²) in [6.45, 7) is 7.66. The number of thiophene rings is 1. The van der Waals surface area contributed by atoms with Gasteiger partial charge >= 0.3 is 0 Å². The van der Waals surface area contributed by atoms with E-state index < -0.39 is 6.04 Å². The van der Waals surface area contributed by atoms with E-state index in [0.717, 1.165) is 16.9 Å². The quantitative estimate of drug-likeness (QED) is 0.664. The minimum absolute atomic E-state index is 0.0103. The predicted molar refractivity (Wildman–Crippen MR) is 110 cm³/mol. The van der Waals surface area contributed by atoms with E-state index in [4.69, 9.17) is 15.2 Å². The number of benzene rings is 1. The van der Waals surface area contributed by atoms with Crippen LogP contribution in [-0.4, -0.2) is 30.5 Å². The zero-order valence-corrected chi connectivity index (χ0v) is 17.4. The van der Waals surface area contributed by atoms with Crippen LogP contribution in [-0.2, 0) is 17.9 Å². The molecule has 2 N–H and O–H groups in total. The number of rotatable bonds is 10. The number of nitrogens with two attached hydrogens (primary N) is 1.